The van der Waals surface area contributed by atoms with Crippen LogP contribution in [0.5, 0.6) is 0 Å². The van der Waals surface area contributed by atoms with E-state index in [2.05, 4.69) is 24.0 Å². The molecule has 2 N–H and O–H groups in total. The zero-order valence-electron chi connectivity index (χ0n) is 10.9. The molecule has 0 spiro atoms. The Hall–Kier alpha value is -0.770. The van der Waals surface area contributed by atoms with Gasteiger partial charge in [0, 0.05) is 26.2 Å². The molecule has 1 aliphatic heterocycles. The summed E-state index contributed by atoms with van der Waals surface area (Å²) in [5.41, 5.74) is 7.80. The summed E-state index contributed by atoms with van der Waals surface area (Å²) in [6.45, 7) is 5.40. The van der Waals surface area contributed by atoms with Crippen LogP contribution in [0.1, 0.15) is 25.3 Å². The van der Waals surface area contributed by atoms with Crippen LogP contribution >= 0.6 is 11.6 Å². The Balaban J connectivity index is 2.01. The summed E-state index contributed by atoms with van der Waals surface area (Å²) < 4.78 is 5.66. The van der Waals surface area contributed by atoms with Crippen LogP contribution in [0.4, 0.5) is 5.69 Å². The molecule has 100 valence electrons. The van der Waals surface area contributed by atoms with Crippen molar-refractivity contribution >= 4 is 17.3 Å². The van der Waals surface area contributed by atoms with Gasteiger partial charge >= 0.3 is 0 Å². The van der Waals surface area contributed by atoms with Gasteiger partial charge in [-0.15, -0.1) is 0 Å². The maximum Gasteiger partial charge on any atom is 0.0642 e. The monoisotopic (exact) mass is 268 g/mol. The molecule has 0 unspecified atom stereocenters. The first-order valence-corrected chi connectivity index (χ1v) is 6.97. The highest BCUT2D eigenvalue weighted by Crippen LogP contribution is 2.29. The maximum atomic E-state index is 6.31. The number of anilines is 1. The maximum absolute atomic E-state index is 6.31. The smallest absolute Gasteiger partial charge is 0.0642 e. The first kappa shape index (κ1) is 13.7. The van der Waals surface area contributed by atoms with Gasteiger partial charge in [-0.05, 0) is 37.5 Å². The molecule has 1 heterocycles. The average molecular weight is 269 g/mol. The lowest BCUT2D eigenvalue weighted by molar-refractivity contribution is 0.0459. The van der Waals surface area contributed by atoms with E-state index in [1.54, 1.807) is 0 Å². The third-order valence-corrected chi connectivity index (χ3v) is 3.74. The van der Waals surface area contributed by atoms with E-state index in [-0.39, 0.29) is 0 Å². The summed E-state index contributed by atoms with van der Waals surface area (Å²) in [7, 11) is 0. The van der Waals surface area contributed by atoms with Gasteiger partial charge < -0.3 is 15.4 Å². The summed E-state index contributed by atoms with van der Waals surface area (Å²) in [4.78, 5) is 2.33. The minimum Gasteiger partial charge on any atom is -0.378 e. The van der Waals surface area contributed by atoms with Crippen LogP contribution in [-0.4, -0.2) is 25.8 Å². The Morgan fingerprint density at radius 1 is 1.39 bits per heavy atom. The van der Waals surface area contributed by atoms with Gasteiger partial charge in [-0.25, -0.2) is 0 Å². The molecular weight excluding hydrogens is 248 g/mol. The quantitative estimate of drug-likeness (QED) is 0.913. The van der Waals surface area contributed by atoms with Crippen LogP contribution in [0.2, 0.25) is 5.02 Å². The van der Waals surface area contributed by atoms with Gasteiger partial charge in [-0.1, -0.05) is 17.7 Å². The highest BCUT2D eigenvalue weighted by molar-refractivity contribution is 6.33. The predicted molar refractivity (Wildman–Crippen MR) is 76.2 cm³/mol. The SMILES string of the molecule is CCOC1CCN(c2ccc(CN)cc2Cl)CC1. The van der Waals surface area contributed by atoms with Crippen LogP contribution < -0.4 is 10.6 Å². The fraction of sp³-hybridized carbons (Fsp3) is 0.571. The van der Waals surface area contributed by atoms with E-state index in [0.717, 1.165) is 48.8 Å². The number of piperidine rings is 1. The van der Waals surface area contributed by atoms with Crippen molar-refractivity contribution in [3.8, 4) is 0 Å². The van der Waals surface area contributed by atoms with Crippen LogP contribution in [0, 0.1) is 0 Å². The van der Waals surface area contributed by atoms with Gasteiger partial charge in [-0.2, -0.15) is 0 Å². The highest BCUT2D eigenvalue weighted by atomic mass is 35.5. The summed E-state index contributed by atoms with van der Waals surface area (Å²) in [6.07, 6.45) is 2.55. The van der Waals surface area contributed by atoms with Crippen molar-refractivity contribution in [2.24, 2.45) is 5.73 Å². The second-order valence-electron chi connectivity index (χ2n) is 4.63. The number of nitrogens with two attached hydrogens (primary N) is 1. The third-order valence-electron chi connectivity index (χ3n) is 3.43. The summed E-state index contributed by atoms with van der Waals surface area (Å²) in [5, 5.41) is 0.799. The number of halogens is 1. The van der Waals surface area contributed by atoms with Crippen molar-refractivity contribution in [1.29, 1.82) is 0 Å². The number of rotatable bonds is 4. The molecule has 0 radical (unpaired) electrons. The van der Waals surface area contributed by atoms with Crippen molar-refractivity contribution in [1.82, 2.24) is 0 Å². The molecule has 0 aromatic heterocycles. The summed E-state index contributed by atoms with van der Waals surface area (Å²) in [6, 6.07) is 6.09. The lowest BCUT2D eigenvalue weighted by atomic mass is 10.1. The molecule has 0 saturated carbocycles. The van der Waals surface area contributed by atoms with Crippen molar-refractivity contribution in [3.05, 3.63) is 28.8 Å². The van der Waals surface area contributed by atoms with E-state index < -0.39 is 0 Å². The third kappa shape index (κ3) is 3.16. The minimum atomic E-state index is 0.411. The van der Waals surface area contributed by atoms with Crippen molar-refractivity contribution < 1.29 is 4.74 Å². The lowest BCUT2D eigenvalue weighted by Gasteiger charge is -2.34. The molecule has 2 rings (SSSR count). The summed E-state index contributed by atoms with van der Waals surface area (Å²) in [5.74, 6) is 0. The topological polar surface area (TPSA) is 38.5 Å². The molecule has 3 nitrogen and oxygen atoms in total. The molecule has 18 heavy (non-hydrogen) atoms. The molecule has 1 fully saturated rings. The molecule has 0 atom stereocenters. The molecule has 0 bridgehead atoms. The van der Waals surface area contributed by atoms with Crippen LogP contribution in [-0.2, 0) is 11.3 Å². The molecule has 4 heteroatoms. The van der Waals surface area contributed by atoms with Crippen molar-refractivity contribution in [2.75, 3.05) is 24.6 Å². The average Bonchev–Trinajstić information content (AvgIpc) is 2.40. The van der Waals surface area contributed by atoms with Gasteiger partial charge in [0.2, 0.25) is 0 Å². The number of hydrogen-bond donors (Lipinski definition) is 1. The van der Waals surface area contributed by atoms with E-state index in [9.17, 15) is 0 Å². The van der Waals surface area contributed by atoms with Crippen molar-refractivity contribution in [2.45, 2.75) is 32.4 Å². The number of ether oxygens (including phenoxy) is 1. The standard InChI is InChI=1S/C14H21ClN2O/c1-2-18-12-5-7-17(8-6-12)14-4-3-11(10-16)9-13(14)15/h3-4,9,12H,2,5-8,10,16H2,1H3. The second-order valence-corrected chi connectivity index (χ2v) is 5.04. The molecule has 1 aromatic carbocycles. The number of benzene rings is 1. The van der Waals surface area contributed by atoms with Gasteiger partial charge in [0.1, 0.15) is 0 Å². The van der Waals surface area contributed by atoms with Gasteiger partial charge in [-0.3, -0.25) is 0 Å². The van der Waals surface area contributed by atoms with E-state index in [1.807, 2.05) is 6.07 Å². The number of nitrogens with zero attached hydrogens (tertiary/aromatic N) is 1. The molecular formula is C14H21ClN2O. The zero-order valence-corrected chi connectivity index (χ0v) is 11.6. The molecule has 0 amide bonds. The van der Waals surface area contributed by atoms with Crippen LogP contribution in [0.15, 0.2) is 18.2 Å². The Morgan fingerprint density at radius 2 is 2.11 bits per heavy atom. The second kappa shape index (κ2) is 6.41. The largest absolute Gasteiger partial charge is 0.378 e. The molecule has 1 aromatic rings. The van der Waals surface area contributed by atoms with Crippen LogP contribution in [0.3, 0.4) is 0 Å². The minimum absolute atomic E-state index is 0.411. The Labute approximate surface area is 114 Å². The lowest BCUT2D eigenvalue weighted by Crippen LogP contribution is -2.37. The highest BCUT2D eigenvalue weighted by Gasteiger charge is 2.20. The first-order valence-electron chi connectivity index (χ1n) is 6.59. The fourth-order valence-corrected chi connectivity index (χ4v) is 2.76. The van der Waals surface area contributed by atoms with E-state index >= 15 is 0 Å². The molecule has 0 aliphatic carbocycles. The summed E-state index contributed by atoms with van der Waals surface area (Å²) >= 11 is 6.31. The molecule has 1 aliphatic rings. The van der Waals surface area contributed by atoms with Gasteiger partial charge in [0.15, 0.2) is 0 Å². The fourth-order valence-electron chi connectivity index (χ4n) is 2.43. The zero-order chi connectivity index (χ0) is 13.0. The Morgan fingerprint density at radius 3 is 2.67 bits per heavy atom. The molecule has 1 saturated heterocycles. The van der Waals surface area contributed by atoms with E-state index in [1.165, 1.54) is 0 Å². The van der Waals surface area contributed by atoms with Gasteiger partial charge in [0.05, 0.1) is 16.8 Å². The normalized spacial score (nSPS) is 17.2. The van der Waals surface area contributed by atoms with Gasteiger partial charge in [0.25, 0.3) is 0 Å². The Bertz CT molecular complexity index is 389. The first-order chi connectivity index (χ1) is 8.74. The van der Waals surface area contributed by atoms with E-state index in [4.69, 9.17) is 22.1 Å². The van der Waals surface area contributed by atoms with E-state index in [0.29, 0.717) is 12.6 Å². The Kier molecular flexibility index (Phi) is 4.87. The van der Waals surface area contributed by atoms with Crippen molar-refractivity contribution in [3.63, 3.8) is 0 Å². The predicted octanol–water partition coefficient (Wildman–Crippen LogP) is 2.80. The number of hydrogen-bond acceptors (Lipinski definition) is 3. The van der Waals surface area contributed by atoms with Crippen LogP contribution in [0.25, 0.3) is 0 Å².